The van der Waals surface area contributed by atoms with Crippen LogP contribution in [0, 0.1) is 6.92 Å². The number of nitrogens with zero attached hydrogens (tertiary/aromatic N) is 5. The Kier molecular flexibility index (Phi) is 5.76. The highest BCUT2D eigenvalue weighted by molar-refractivity contribution is 5.97. The van der Waals surface area contributed by atoms with Gasteiger partial charge in [0.25, 0.3) is 5.91 Å². The Labute approximate surface area is 168 Å². The number of hydrogen-bond acceptors (Lipinski definition) is 8. The van der Waals surface area contributed by atoms with Crippen molar-refractivity contribution in [2.24, 2.45) is 0 Å². The Morgan fingerprint density at radius 2 is 1.86 bits per heavy atom. The van der Waals surface area contributed by atoms with Gasteiger partial charge in [-0.15, -0.1) is 0 Å². The molecule has 0 spiro atoms. The summed E-state index contributed by atoms with van der Waals surface area (Å²) in [4.78, 5) is 32.0. The van der Waals surface area contributed by atoms with Crippen molar-refractivity contribution in [2.75, 3.05) is 49.6 Å². The molecular weight excluding hydrogens is 370 g/mol. The number of aromatic nitrogens is 4. The molecule has 4 rings (SSSR count). The fourth-order valence-corrected chi connectivity index (χ4v) is 3.17. The average Bonchev–Trinajstić information content (AvgIpc) is 2.76. The number of carbonyl (C=O) groups excluding carboxylic acids is 1. The number of fused-ring (bicyclic) bond motifs is 1. The Bertz CT molecular complexity index is 1010. The monoisotopic (exact) mass is 393 g/mol. The van der Waals surface area contributed by atoms with Gasteiger partial charge in [0.15, 0.2) is 0 Å². The number of carbonyl (C=O) groups is 1. The van der Waals surface area contributed by atoms with Crippen molar-refractivity contribution in [1.29, 1.82) is 0 Å². The second kappa shape index (κ2) is 8.78. The molecule has 1 aliphatic rings. The van der Waals surface area contributed by atoms with Gasteiger partial charge in [0.05, 0.1) is 24.2 Å². The van der Waals surface area contributed by atoms with E-state index < -0.39 is 0 Å². The Hall–Kier alpha value is -3.33. The van der Waals surface area contributed by atoms with Crippen molar-refractivity contribution in [2.45, 2.75) is 6.92 Å². The van der Waals surface area contributed by atoms with Gasteiger partial charge in [0.2, 0.25) is 0 Å². The molecule has 3 heterocycles. The minimum atomic E-state index is -0.146. The van der Waals surface area contributed by atoms with Gasteiger partial charge in [-0.25, -0.2) is 9.97 Å². The summed E-state index contributed by atoms with van der Waals surface area (Å²) in [6, 6.07) is 7.23. The molecule has 0 aliphatic carbocycles. The summed E-state index contributed by atoms with van der Waals surface area (Å²) >= 11 is 0. The summed E-state index contributed by atoms with van der Waals surface area (Å²) in [5.41, 5.74) is 2.02. The lowest BCUT2D eigenvalue weighted by molar-refractivity contribution is 0.0955. The second-order valence-electron chi connectivity index (χ2n) is 6.70. The van der Waals surface area contributed by atoms with Gasteiger partial charge in [0.1, 0.15) is 17.5 Å². The molecule has 0 saturated carbocycles. The van der Waals surface area contributed by atoms with E-state index in [1.54, 1.807) is 30.6 Å². The minimum Gasteiger partial charge on any atom is -0.378 e. The summed E-state index contributed by atoms with van der Waals surface area (Å²) in [7, 11) is 0. The number of aryl methyl sites for hydroxylation is 1. The predicted molar refractivity (Wildman–Crippen MR) is 110 cm³/mol. The number of ether oxygens (including phenoxy) is 1. The van der Waals surface area contributed by atoms with Crippen LogP contribution in [0.5, 0.6) is 0 Å². The van der Waals surface area contributed by atoms with Gasteiger partial charge in [-0.1, -0.05) is 0 Å². The van der Waals surface area contributed by atoms with Crippen LogP contribution in [-0.4, -0.2) is 65.2 Å². The molecule has 1 saturated heterocycles. The molecule has 0 unspecified atom stereocenters. The molecule has 0 radical (unpaired) electrons. The lowest BCUT2D eigenvalue weighted by Crippen LogP contribution is -2.37. The van der Waals surface area contributed by atoms with Crippen LogP contribution in [0.15, 0.2) is 36.7 Å². The number of anilines is 2. The first-order chi connectivity index (χ1) is 14.2. The van der Waals surface area contributed by atoms with Crippen LogP contribution < -0.4 is 15.5 Å². The number of hydrogen-bond donors (Lipinski definition) is 2. The number of amides is 1. The van der Waals surface area contributed by atoms with Crippen LogP contribution in [0.25, 0.3) is 11.0 Å². The third-order valence-electron chi connectivity index (χ3n) is 4.61. The quantitative estimate of drug-likeness (QED) is 0.606. The molecule has 0 atom stereocenters. The van der Waals surface area contributed by atoms with E-state index in [2.05, 4.69) is 35.5 Å². The van der Waals surface area contributed by atoms with Gasteiger partial charge in [-0.05, 0) is 25.1 Å². The van der Waals surface area contributed by atoms with Crippen LogP contribution in [0.2, 0.25) is 0 Å². The molecule has 2 aromatic heterocycles. The summed E-state index contributed by atoms with van der Waals surface area (Å²) in [5.74, 6) is 2.20. The van der Waals surface area contributed by atoms with Crippen molar-refractivity contribution < 1.29 is 9.53 Å². The number of nitrogens with one attached hydrogen (secondary N) is 2. The lowest BCUT2D eigenvalue weighted by atomic mass is 10.2. The molecular formula is C20H23N7O2. The van der Waals surface area contributed by atoms with E-state index in [1.807, 2.05) is 13.0 Å². The first-order valence-electron chi connectivity index (χ1n) is 9.60. The zero-order chi connectivity index (χ0) is 20.1. The highest BCUT2D eigenvalue weighted by Gasteiger charge is 2.14. The van der Waals surface area contributed by atoms with Crippen LogP contribution in [-0.2, 0) is 4.74 Å². The van der Waals surface area contributed by atoms with Crippen molar-refractivity contribution in [3.63, 3.8) is 0 Å². The first kappa shape index (κ1) is 19.0. The molecule has 2 N–H and O–H groups in total. The molecule has 9 heteroatoms. The molecule has 3 aromatic rings. The van der Waals surface area contributed by atoms with E-state index in [-0.39, 0.29) is 5.91 Å². The Morgan fingerprint density at radius 3 is 2.69 bits per heavy atom. The van der Waals surface area contributed by atoms with Crippen LogP contribution >= 0.6 is 0 Å². The molecule has 29 heavy (non-hydrogen) atoms. The zero-order valence-electron chi connectivity index (χ0n) is 16.3. The van der Waals surface area contributed by atoms with E-state index in [4.69, 9.17) is 4.74 Å². The fourth-order valence-electron chi connectivity index (χ4n) is 3.17. The van der Waals surface area contributed by atoms with Crippen molar-refractivity contribution in [3.05, 3.63) is 48.0 Å². The van der Waals surface area contributed by atoms with E-state index in [9.17, 15) is 4.79 Å². The molecule has 9 nitrogen and oxygen atoms in total. The SMILES string of the molecule is Cc1nc(NCCNC(=O)c2ccc3nccnc3c2)cc(N2CCOCC2)n1. The summed E-state index contributed by atoms with van der Waals surface area (Å²) in [6.45, 7) is 5.95. The smallest absolute Gasteiger partial charge is 0.251 e. The number of rotatable bonds is 6. The second-order valence-corrected chi connectivity index (χ2v) is 6.70. The standard InChI is InChI=1S/C20H23N7O2/c1-14-25-18(13-19(26-14)27-8-10-29-11-9-27)23-6-7-24-20(28)15-2-3-16-17(12-15)22-5-4-21-16/h2-5,12-13H,6-11H2,1H3,(H,24,28)(H,23,25,26). The third-order valence-corrected chi connectivity index (χ3v) is 4.61. The van der Waals surface area contributed by atoms with Crippen LogP contribution in [0.4, 0.5) is 11.6 Å². The summed E-state index contributed by atoms with van der Waals surface area (Å²) < 4.78 is 5.40. The van der Waals surface area contributed by atoms with Crippen LogP contribution in [0.3, 0.4) is 0 Å². The Balaban J connectivity index is 1.31. The Morgan fingerprint density at radius 1 is 1.07 bits per heavy atom. The van der Waals surface area contributed by atoms with Gasteiger partial charge in [-0.2, -0.15) is 0 Å². The van der Waals surface area contributed by atoms with E-state index in [1.165, 1.54) is 0 Å². The zero-order valence-corrected chi connectivity index (χ0v) is 16.3. The molecule has 1 aromatic carbocycles. The maximum Gasteiger partial charge on any atom is 0.251 e. The van der Waals surface area contributed by atoms with E-state index in [0.29, 0.717) is 43.2 Å². The molecule has 1 fully saturated rings. The largest absolute Gasteiger partial charge is 0.378 e. The van der Waals surface area contributed by atoms with Gasteiger partial charge < -0.3 is 20.3 Å². The molecule has 0 bridgehead atoms. The van der Waals surface area contributed by atoms with E-state index >= 15 is 0 Å². The van der Waals surface area contributed by atoms with Crippen molar-refractivity contribution >= 4 is 28.6 Å². The van der Waals surface area contributed by atoms with Gasteiger partial charge in [0, 0.05) is 50.2 Å². The predicted octanol–water partition coefficient (Wildman–Crippen LogP) is 1.41. The lowest BCUT2D eigenvalue weighted by Gasteiger charge is -2.28. The topological polar surface area (TPSA) is 105 Å². The number of morpholine rings is 1. The highest BCUT2D eigenvalue weighted by Crippen LogP contribution is 2.17. The third kappa shape index (κ3) is 4.75. The van der Waals surface area contributed by atoms with Gasteiger partial charge >= 0.3 is 0 Å². The fraction of sp³-hybridized carbons (Fsp3) is 0.350. The molecule has 1 aliphatic heterocycles. The highest BCUT2D eigenvalue weighted by atomic mass is 16.5. The molecule has 1 amide bonds. The maximum atomic E-state index is 12.4. The first-order valence-corrected chi connectivity index (χ1v) is 9.60. The van der Waals surface area contributed by atoms with Crippen molar-refractivity contribution in [1.82, 2.24) is 25.3 Å². The summed E-state index contributed by atoms with van der Waals surface area (Å²) in [6.07, 6.45) is 3.25. The van der Waals surface area contributed by atoms with Crippen molar-refractivity contribution in [3.8, 4) is 0 Å². The number of benzene rings is 1. The maximum absolute atomic E-state index is 12.4. The van der Waals surface area contributed by atoms with Gasteiger partial charge in [-0.3, -0.25) is 14.8 Å². The summed E-state index contributed by atoms with van der Waals surface area (Å²) in [5, 5.41) is 6.16. The minimum absolute atomic E-state index is 0.146. The molecule has 150 valence electrons. The van der Waals surface area contributed by atoms with E-state index in [0.717, 1.165) is 30.2 Å². The normalized spacial score (nSPS) is 14.0. The average molecular weight is 393 g/mol. The van der Waals surface area contributed by atoms with Crippen LogP contribution in [0.1, 0.15) is 16.2 Å².